The number of thioether (sulfide) groups is 1. The fourth-order valence-electron chi connectivity index (χ4n) is 1.57. The van der Waals surface area contributed by atoms with Gasteiger partial charge in [0.05, 0.1) is 12.2 Å². The average molecular weight is 248 g/mol. The van der Waals surface area contributed by atoms with Crippen LogP contribution < -0.4 is 5.32 Å². The first-order chi connectivity index (χ1) is 8.28. The standard InChI is InChI=1S/C13H16N2OS/c1-10-7-12(16-15-10)9-14-8-11-3-5-13(17-2)6-4-11/h3-7,14H,8-9H2,1-2H3. The maximum absolute atomic E-state index is 5.12. The van der Waals surface area contributed by atoms with Crippen LogP contribution in [-0.4, -0.2) is 11.4 Å². The summed E-state index contributed by atoms with van der Waals surface area (Å²) >= 11 is 1.76. The van der Waals surface area contributed by atoms with Gasteiger partial charge in [0.2, 0.25) is 0 Å². The zero-order valence-electron chi connectivity index (χ0n) is 10.1. The van der Waals surface area contributed by atoms with Crippen LogP contribution in [0.2, 0.25) is 0 Å². The maximum Gasteiger partial charge on any atom is 0.150 e. The lowest BCUT2D eigenvalue weighted by Gasteiger charge is -2.03. The maximum atomic E-state index is 5.12. The molecule has 0 atom stereocenters. The average Bonchev–Trinajstić information content (AvgIpc) is 2.76. The van der Waals surface area contributed by atoms with Gasteiger partial charge in [0.15, 0.2) is 5.76 Å². The highest BCUT2D eigenvalue weighted by Gasteiger charge is 2.00. The van der Waals surface area contributed by atoms with Crippen molar-refractivity contribution in [2.75, 3.05) is 6.26 Å². The monoisotopic (exact) mass is 248 g/mol. The molecule has 4 heteroatoms. The summed E-state index contributed by atoms with van der Waals surface area (Å²) in [6, 6.07) is 10.5. The second-order valence-electron chi connectivity index (χ2n) is 3.89. The predicted molar refractivity (Wildman–Crippen MR) is 70.0 cm³/mol. The number of nitrogens with one attached hydrogen (secondary N) is 1. The molecule has 2 rings (SSSR count). The molecule has 0 saturated carbocycles. The van der Waals surface area contributed by atoms with Crippen molar-refractivity contribution in [3.8, 4) is 0 Å². The van der Waals surface area contributed by atoms with Gasteiger partial charge in [-0.1, -0.05) is 17.3 Å². The van der Waals surface area contributed by atoms with E-state index in [1.54, 1.807) is 11.8 Å². The fraction of sp³-hybridized carbons (Fsp3) is 0.308. The summed E-state index contributed by atoms with van der Waals surface area (Å²) in [7, 11) is 0. The van der Waals surface area contributed by atoms with E-state index in [4.69, 9.17) is 4.52 Å². The smallest absolute Gasteiger partial charge is 0.150 e. The van der Waals surface area contributed by atoms with Crippen molar-refractivity contribution in [1.29, 1.82) is 0 Å². The highest BCUT2D eigenvalue weighted by atomic mass is 32.2. The Morgan fingerprint density at radius 1 is 1.24 bits per heavy atom. The lowest BCUT2D eigenvalue weighted by atomic mass is 10.2. The Hall–Kier alpha value is -1.26. The molecular weight excluding hydrogens is 232 g/mol. The molecule has 2 aromatic rings. The van der Waals surface area contributed by atoms with Gasteiger partial charge in [-0.15, -0.1) is 11.8 Å². The molecule has 0 aliphatic rings. The highest BCUT2D eigenvalue weighted by molar-refractivity contribution is 7.98. The molecule has 3 nitrogen and oxygen atoms in total. The van der Waals surface area contributed by atoms with E-state index >= 15 is 0 Å². The van der Waals surface area contributed by atoms with Crippen molar-refractivity contribution < 1.29 is 4.52 Å². The number of aromatic nitrogens is 1. The van der Waals surface area contributed by atoms with Crippen LogP contribution in [0.15, 0.2) is 39.8 Å². The number of rotatable bonds is 5. The van der Waals surface area contributed by atoms with E-state index in [9.17, 15) is 0 Å². The summed E-state index contributed by atoms with van der Waals surface area (Å²) in [4.78, 5) is 1.29. The summed E-state index contributed by atoms with van der Waals surface area (Å²) in [5.74, 6) is 0.878. The number of hydrogen-bond donors (Lipinski definition) is 1. The van der Waals surface area contributed by atoms with Gasteiger partial charge in [-0.3, -0.25) is 0 Å². The van der Waals surface area contributed by atoms with Crippen molar-refractivity contribution in [1.82, 2.24) is 10.5 Å². The molecule has 0 fully saturated rings. The number of aryl methyl sites for hydroxylation is 1. The minimum atomic E-state index is 0.713. The van der Waals surface area contributed by atoms with Gasteiger partial charge in [-0.2, -0.15) is 0 Å². The van der Waals surface area contributed by atoms with Crippen LogP contribution in [-0.2, 0) is 13.1 Å². The predicted octanol–water partition coefficient (Wildman–Crippen LogP) is 2.99. The van der Waals surface area contributed by atoms with Crippen molar-refractivity contribution in [3.63, 3.8) is 0 Å². The third-order valence-corrected chi connectivity index (χ3v) is 3.21. The van der Waals surface area contributed by atoms with E-state index in [0.29, 0.717) is 6.54 Å². The Bertz CT molecular complexity index is 465. The van der Waals surface area contributed by atoms with Gasteiger partial charge < -0.3 is 9.84 Å². The molecule has 0 aliphatic carbocycles. The molecule has 1 aromatic heterocycles. The van der Waals surface area contributed by atoms with Gasteiger partial charge in [-0.05, 0) is 30.9 Å². The molecular formula is C13H16N2OS. The van der Waals surface area contributed by atoms with Crippen LogP contribution in [0, 0.1) is 6.92 Å². The SMILES string of the molecule is CSc1ccc(CNCc2cc(C)no2)cc1. The Morgan fingerprint density at radius 2 is 2.00 bits per heavy atom. The third kappa shape index (κ3) is 3.61. The topological polar surface area (TPSA) is 38.1 Å². The van der Waals surface area contributed by atoms with Gasteiger partial charge in [0, 0.05) is 17.5 Å². The minimum Gasteiger partial charge on any atom is -0.360 e. The number of nitrogens with zero attached hydrogens (tertiary/aromatic N) is 1. The Kier molecular flexibility index (Phi) is 4.23. The summed E-state index contributed by atoms with van der Waals surface area (Å²) in [5.41, 5.74) is 2.20. The molecule has 0 bridgehead atoms. The van der Waals surface area contributed by atoms with Crippen LogP contribution >= 0.6 is 11.8 Å². The molecule has 0 radical (unpaired) electrons. The first kappa shape index (κ1) is 12.2. The zero-order chi connectivity index (χ0) is 12.1. The summed E-state index contributed by atoms with van der Waals surface area (Å²) in [5, 5.41) is 7.18. The van der Waals surface area contributed by atoms with E-state index in [0.717, 1.165) is 18.0 Å². The Labute approximate surface area is 106 Å². The summed E-state index contributed by atoms with van der Waals surface area (Å²) in [6.45, 7) is 3.48. The quantitative estimate of drug-likeness (QED) is 0.825. The van der Waals surface area contributed by atoms with Crippen LogP contribution in [0.5, 0.6) is 0 Å². The van der Waals surface area contributed by atoms with Crippen molar-refractivity contribution >= 4 is 11.8 Å². The molecule has 90 valence electrons. The first-order valence-electron chi connectivity index (χ1n) is 5.54. The minimum absolute atomic E-state index is 0.713. The molecule has 1 N–H and O–H groups in total. The van der Waals surface area contributed by atoms with E-state index in [2.05, 4.69) is 41.0 Å². The molecule has 17 heavy (non-hydrogen) atoms. The second-order valence-corrected chi connectivity index (χ2v) is 4.77. The molecule has 0 aliphatic heterocycles. The van der Waals surface area contributed by atoms with Gasteiger partial charge in [0.25, 0.3) is 0 Å². The van der Waals surface area contributed by atoms with Crippen LogP contribution in [0.1, 0.15) is 17.0 Å². The largest absolute Gasteiger partial charge is 0.360 e. The highest BCUT2D eigenvalue weighted by Crippen LogP contribution is 2.14. The van der Waals surface area contributed by atoms with Crippen molar-refractivity contribution in [2.24, 2.45) is 0 Å². The lowest BCUT2D eigenvalue weighted by molar-refractivity contribution is 0.369. The van der Waals surface area contributed by atoms with Crippen molar-refractivity contribution in [3.05, 3.63) is 47.3 Å². The lowest BCUT2D eigenvalue weighted by Crippen LogP contribution is -2.11. The molecule has 1 aromatic carbocycles. The number of benzene rings is 1. The number of hydrogen-bond acceptors (Lipinski definition) is 4. The van der Waals surface area contributed by atoms with Gasteiger partial charge >= 0.3 is 0 Å². The normalized spacial score (nSPS) is 10.7. The van der Waals surface area contributed by atoms with Gasteiger partial charge in [0.1, 0.15) is 0 Å². The Balaban J connectivity index is 1.81. The van der Waals surface area contributed by atoms with Crippen LogP contribution in [0.3, 0.4) is 0 Å². The van der Waals surface area contributed by atoms with E-state index < -0.39 is 0 Å². The summed E-state index contributed by atoms with van der Waals surface area (Å²) < 4.78 is 5.12. The van der Waals surface area contributed by atoms with E-state index in [1.165, 1.54) is 10.5 Å². The molecule has 0 spiro atoms. The van der Waals surface area contributed by atoms with E-state index in [-0.39, 0.29) is 0 Å². The zero-order valence-corrected chi connectivity index (χ0v) is 10.9. The molecule has 0 amide bonds. The Morgan fingerprint density at radius 3 is 2.59 bits per heavy atom. The summed E-state index contributed by atoms with van der Waals surface area (Å²) in [6.07, 6.45) is 2.08. The first-order valence-corrected chi connectivity index (χ1v) is 6.76. The second kappa shape index (κ2) is 5.89. The van der Waals surface area contributed by atoms with Crippen LogP contribution in [0.4, 0.5) is 0 Å². The molecule has 0 unspecified atom stereocenters. The van der Waals surface area contributed by atoms with Crippen LogP contribution in [0.25, 0.3) is 0 Å². The third-order valence-electron chi connectivity index (χ3n) is 2.46. The van der Waals surface area contributed by atoms with E-state index in [1.807, 2.05) is 13.0 Å². The fourth-order valence-corrected chi connectivity index (χ4v) is 1.98. The van der Waals surface area contributed by atoms with Crippen molar-refractivity contribution in [2.45, 2.75) is 24.9 Å². The van der Waals surface area contributed by atoms with Gasteiger partial charge in [-0.25, -0.2) is 0 Å². The molecule has 0 saturated heterocycles. The molecule has 1 heterocycles.